The van der Waals surface area contributed by atoms with Crippen molar-refractivity contribution in [1.82, 2.24) is 5.43 Å². The van der Waals surface area contributed by atoms with Gasteiger partial charge >= 0.3 is 11.8 Å². The Morgan fingerprint density at radius 3 is 2.40 bits per heavy atom. The Morgan fingerprint density at radius 2 is 1.76 bits per heavy atom. The van der Waals surface area contributed by atoms with Gasteiger partial charge in [-0.2, -0.15) is 5.10 Å². The molecule has 0 bridgehead atoms. The molecule has 0 aromatic heterocycles. The van der Waals surface area contributed by atoms with Crippen LogP contribution in [0.2, 0.25) is 0 Å². The standard InChI is InChI=1S/C17H16N4O4/c1-11-6-12(2)8-14(7-11)19-16(22)17(23)20-18-10-13-4-3-5-15(9-13)21(24)25/h3-10H,1-2H3,(H,19,22)(H,20,23)/b18-10-. The second-order valence-corrected chi connectivity index (χ2v) is 5.38. The van der Waals surface area contributed by atoms with Crippen molar-refractivity contribution in [3.8, 4) is 0 Å². The summed E-state index contributed by atoms with van der Waals surface area (Å²) in [5, 5.41) is 16.8. The van der Waals surface area contributed by atoms with Gasteiger partial charge in [0.25, 0.3) is 5.69 Å². The number of carbonyl (C=O) groups excluding carboxylic acids is 2. The van der Waals surface area contributed by atoms with Gasteiger partial charge in [0, 0.05) is 23.4 Å². The lowest BCUT2D eigenvalue weighted by molar-refractivity contribution is -0.384. The van der Waals surface area contributed by atoms with Crippen molar-refractivity contribution in [2.45, 2.75) is 13.8 Å². The largest absolute Gasteiger partial charge is 0.329 e. The van der Waals surface area contributed by atoms with Gasteiger partial charge in [-0.3, -0.25) is 19.7 Å². The predicted molar refractivity (Wildman–Crippen MR) is 93.4 cm³/mol. The lowest BCUT2D eigenvalue weighted by atomic mass is 10.1. The zero-order chi connectivity index (χ0) is 18.4. The van der Waals surface area contributed by atoms with Crippen LogP contribution in [-0.4, -0.2) is 23.0 Å². The summed E-state index contributed by atoms with van der Waals surface area (Å²) in [6.45, 7) is 3.76. The molecule has 0 aliphatic rings. The van der Waals surface area contributed by atoms with Gasteiger partial charge in [0.1, 0.15) is 0 Å². The Morgan fingerprint density at radius 1 is 1.08 bits per heavy atom. The van der Waals surface area contributed by atoms with E-state index in [0.29, 0.717) is 11.3 Å². The van der Waals surface area contributed by atoms with Crippen LogP contribution in [0.4, 0.5) is 11.4 Å². The van der Waals surface area contributed by atoms with E-state index in [1.165, 1.54) is 24.4 Å². The van der Waals surface area contributed by atoms with Crippen molar-refractivity contribution < 1.29 is 14.5 Å². The van der Waals surface area contributed by atoms with E-state index in [2.05, 4.69) is 15.8 Å². The van der Waals surface area contributed by atoms with E-state index >= 15 is 0 Å². The molecule has 0 saturated carbocycles. The minimum absolute atomic E-state index is 0.0946. The molecule has 0 atom stereocenters. The summed E-state index contributed by atoms with van der Waals surface area (Å²) < 4.78 is 0. The molecule has 0 aliphatic heterocycles. The predicted octanol–water partition coefficient (Wildman–Crippen LogP) is 2.30. The van der Waals surface area contributed by atoms with Crippen LogP contribution in [0.1, 0.15) is 16.7 Å². The van der Waals surface area contributed by atoms with Crippen LogP contribution in [0.25, 0.3) is 0 Å². The molecule has 2 aromatic carbocycles. The smallest absolute Gasteiger partial charge is 0.318 e. The lowest BCUT2D eigenvalue weighted by Gasteiger charge is -2.06. The minimum atomic E-state index is -0.944. The second-order valence-electron chi connectivity index (χ2n) is 5.38. The molecule has 128 valence electrons. The van der Waals surface area contributed by atoms with Crippen LogP contribution in [0.3, 0.4) is 0 Å². The number of nitrogens with one attached hydrogen (secondary N) is 2. The number of nitro groups is 1. The van der Waals surface area contributed by atoms with Gasteiger partial charge in [-0.05, 0) is 37.1 Å². The number of hydrogen-bond acceptors (Lipinski definition) is 5. The van der Waals surface area contributed by atoms with Crippen molar-refractivity contribution in [3.63, 3.8) is 0 Å². The van der Waals surface area contributed by atoms with Gasteiger partial charge in [-0.15, -0.1) is 0 Å². The highest BCUT2D eigenvalue weighted by molar-refractivity contribution is 6.39. The maximum atomic E-state index is 11.8. The van der Waals surface area contributed by atoms with Crippen LogP contribution in [0.5, 0.6) is 0 Å². The van der Waals surface area contributed by atoms with Crippen molar-refractivity contribution in [2.75, 3.05) is 5.32 Å². The fourth-order valence-corrected chi connectivity index (χ4v) is 2.17. The first-order valence-corrected chi connectivity index (χ1v) is 7.32. The number of benzene rings is 2. The minimum Gasteiger partial charge on any atom is -0.318 e. The third kappa shape index (κ3) is 5.24. The molecule has 0 fully saturated rings. The Hall–Kier alpha value is -3.55. The molecule has 0 unspecified atom stereocenters. The quantitative estimate of drug-likeness (QED) is 0.385. The molecule has 2 aromatic rings. The Kier molecular flexibility index (Phi) is 5.57. The first kappa shape index (κ1) is 17.8. The summed E-state index contributed by atoms with van der Waals surface area (Å²) in [4.78, 5) is 33.7. The SMILES string of the molecule is Cc1cc(C)cc(NC(=O)C(=O)N/N=C\c2cccc([N+](=O)[O-])c2)c1. The molecular weight excluding hydrogens is 324 g/mol. The molecule has 2 rings (SSSR count). The summed E-state index contributed by atoms with van der Waals surface area (Å²) in [7, 11) is 0. The fourth-order valence-electron chi connectivity index (χ4n) is 2.17. The Labute approximate surface area is 143 Å². The molecule has 0 radical (unpaired) electrons. The molecule has 0 spiro atoms. The topological polar surface area (TPSA) is 114 Å². The lowest BCUT2D eigenvalue weighted by Crippen LogP contribution is -2.32. The number of amides is 2. The maximum absolute atomic E-state index is 11.8. The maximum Gasteiger partial charge on any atom is 0.329 e. The number of nitro benzene ring substituents is 1. The van der Waals surface area contributed by atoms with Gasteiger partial charge in [-0.1, -0.05) is 18.2 Å². The van der Waals surface area contributed by atoms with Crippen molar-refractivity contribution in [3.05, 3.63) is 69.3 Å². The van der Waals surface area contributed by atoms with E-state index in [-0.39, 0.29) is 5.69 Å². The fraction of sp³-hybridized carbons (Fsp3) is 0.118. The van der Waals surface area contributed by atoms with Gasteiger partial charge in [0.2, 0.25) is 0 Å². The highest BCUT2D eigenvalue weighted by atomic mass is 16.6. The monoisotopic (exact) mass is 340 g/mol. The zero-order valence-electron chi connectivity index (χ0n) is 13.6. The summed E-state index contributed by atoms with van der Waals surface area (Å²) in [5.41, 5.74) is 4.83. The third-order valence-corrected chi connectivity index (χ3v) is 3.15. The average Bonchev–Trinajstić information content (AvgIpc) is 2.54. The molecule has 0 aliphatic carbocycles. The average molecular weight is 340 g/mol. The molecule has 0 heterocycles. The van der Waals surface area contributed by atoms with Crippen molar-refractivity contribution in [2.24, 2.45) is 5.10 Å². The summed E-state index contributed by atoms with van der Waals surface area (Å²) in [6.07, 6.45) is 1.22. The number of rotatable bonds is 4. The normalized spacial score (nSPS) is 10.5. The van der Waals surface area contributed by atoms with Crippen LogP contribution in [-0.2, 0) is 9.59 Å². The number of nitrogens with zero attached hydrogens (tertiary/aromatic N) is 2. The van der Waals surface area contributed by atoms with E-state index in [0.717, 1.165) is 11.1 Å². The van der Waals surface area contributed by atoms with E-state index < -0.39 is 16.7 Å². The van der Waals surface area contributed by atoms with Crippen molar-refractivity contribution >= 4 is 29.4 Å². The first-order chi connectivity index (χ1) is 11.8. The van der Waals surface area contributed by atoms with Crippen molar-refractivity contribution in [1.29, 1.82) is 0 Å². The Balaban J connectivity index is 1.96. The number of non-ortho nitro benzene ring substituents is 1. The molecule has 8 heteroatoms. The number of aryl methyl sites for hydroxylation is 2. The summed E-state index contributed by atoms with van der Waals surface area (Å²) in [5.74, 6) is -1.80. The van der Waals surface area contributed by atoms with E-state index in [9.17, 15) is 19.7 Å². The molecule has 2 amide bonds. The van der Waals surface area contributed by atoms with Crippen LogP contribution in [0, 0.1) is 24.0 Å². The van der Waals surface area contributed by atoms with E-state index in [1.54, 1.807) is 18.2 Å². The van der Waals surface area contributed by atoms with Crippen LogP contribution >= 0.6 is 0 Å². The molecule has 2 N–H and O–H groups in total. The van der Waals surface area contributed by atoms with E-state index in [4.69, 9.17) is 0 Å². The molecule has 8 nitrogen and oxygen atoms in total. The third-order valence-electron chi connectivity index (χ3n) is 3.15. The number of hydrogen-bond donors (Lipinski definition) is 2. The van der Waals surface area contributed by atoms with Gasteiger partial charge in [0.05, 0.1) is 11.1 Å². The number of anilines is 1. The number of carbonyl (C=O) groups is 2. The first-order valence-electron chi connectivity index (χ1n) is 7.32. The zero-order valence-corrected chi connectivity index (χ0v) is 13.6. The van der Waals surface area contributed by atoms with Crippen LogP contribution in [0.15, 0.2) is 47.6 Å². The number of hydrazone groups is 1. The molecule has 0 saturated heterocycles. The highest BCUT2D eigenvalue weighted by Gasteiger charge is 2.13. The summed E-state index contributed by atoms with van der Waals surface area (Å²) >= 11 is 0. The van der Waals surface area contributed by atoms with Crippen LogP contribution < -0.4 is 10.7 Å². The molecule has 25 heavy (non-hydrogen) atoms. The van der Waals surface area contributed by atoms with Gasteiger partial charge in [-0.25, -0.2) is 5.43 Å². The highest BCUT2D eigenvalue weighted by Crippen LogP contribution is 2.13. The Bertz CT molecular complexity index is 841. The van der Waals surface area contributed by atoms with Gasteiger partial charge in [0.15, 0.2) is 0 Å². The summed E-state index contributed by atoms with van der Waals surface area (Å²) in [6, 6.07) is 11.1. The van der Waals surface area contributed by atoms with E-state index in [1.807, 2.05) is 19.9 Å². The second kappa shape index (κ2) is 7.82. The van der Waals surface area contributed by atoms with Gasteiger partial charge < -0.3 is 5.32 Å². The molecular formula is C17H16N4O4.